The predicted molar refractivity (Wildman–Crippen MR) is 132 cm³/mol. The summed E-state index contributed by atoms with van der Waals surface area (Å²) in [5, 5.41) is 1.67. The van der Waals surface area contributed by atoms with E-state index in [0.29, 0.717) is 24.8 Å². The van der Waals surface area contributed by atoms with Crippen LogP contribution in [0.1, 0.15) is 17.5 Å². The van der Waals surface area contributed by atoms with E-state index in [9.17, 15) is 4.79 Å². The first-order valence-corrected chi connectivity index (χ1v) is 11.4. The highest BCUT2D eigenvalue weighted by Gasteiger charge is 2.10. The quantitative estimate of drug-likeness (QED) is 0.212. The third kappa shape index (κ3) is 6.45. The van der Waals surface area contributed by atoms with Crippen LogP contribution in [0.5, 0.6) is 17.2 Å². The molecule has 0 spiro atoms. The van der Waals surface area contributed by atoms with E-state index in [4.69, 9.17) is 30.5 Å². The molecule has 0 unspecified atom stereocenters. The molecule has 4 rings (SSSR count). The van der Waals surface area contributed by atoms with E-state index in [-0.39, 0.29) is 12.4 Å². The van der Waals surface area contributed by atoms with E-state index in [0.717, 1.165) is 45.7 Å². The number of benzene rings is 3. The number of carbonyl (C=O) groups is 1. The fraction of sp³-hybridized carbons (Fsp3) is 0.222. The monoisotopic (exact) mass is 479 g/mol. The Balaban J connectivity index is 1.19. The number of aromatic amines is 1. The van der Waals surface area contributed by atoms with Crippen LogP contribution in [0.3, 0.4) is 0 Å². The minimum absolute atomic E-state index is 0.221. The first-order chi connectivity index (χ1) is 16.6. The molecule has 3 aromatic carbocycles. The van der Waals surface area contributed by atoms with E-state index in [2.05, 4.69) is 4.98 Å². The first-order valence-electron chi connectivity index (χ1n) is 11.0. The van der Waals surface area contributed by atoms with Gasteiger partial charge in [-0.2, -0.15) is 0 Å². The van der Waals surface area contributed by atoms with Crippen LogP contribution in [0.4, 0.5) is 0 Å². The lowest BCUT2D eigenvalue weighted by molar-refractivity contribution is -0.139. The van der Waals surface area contributed by atoms with Gasteiger partial charge in [0.25, 0.3) is 0 Å². The van der Waals surface area contributed by atoms with Crippen molar-refractivity contribution in [3.63, 3.8) is 0 Å². The number of ether oxygens (including phenoxy) is 4. The lowest BCUT2D eigenvalue weighted by Crippen LogP contribution is -2.05. The third-order valence-electron chi connectivity index (χ3n) is 5.27. The number of methoxy groups -OCH3 is 1. The van der Waals surface area contributed by atoms with E-state index in [1.807, 2.05) is 72.9 Å². The maximum atomic E-state index is 11.6. The summed E-state index contributed by atoms with van der Waals surface area (Å²) >= 11 is 5.90. The van der Waals surface area contributed by atoms with Gasteiger partial charge in [-0.25, -0.2) is 0 Å². The number of nitrogens with one attached hydrogen (secondary N) is 1. The number of fused-ring (bicyclic) bond motifs is 1. The standard InChI is InChI=1S/C27H26ClNO5/c1-31-27(30)15-20-17-29-26-12-11-24(16-25(20)26)33-14-2-13-32-22-7-9-23(10-8-22)34-18-19-3-5-21(28)6-4-19/h3-12,16-17,29H,2,13-15,18H2,1H3. The van der Waals surface area contributed by atoms with Crippen molar-refractivity contribution in [1.29, 1.82) is 0 Å². The Morgan fingerprint density at radius 3 is 2.21 bits per heavy atom. The van der Waals surface area contributed by atoms with Crippen molar-refractivity contribution < 1.29 is 23.7 Å². The number of hydrogen-bond acceptors (Lipinski definition) is 5. The van der Waals surface area contributed by atoms with Gasteiger partial charge < -0.3 is 23.9 Å². The zero-order valence-corrected chi connectivity index (χ0v) is 19.6. The number of carbonyl (C=O) groups excluding carboxylic acids is 1. The molecular formula is C27H26ClNO5. The minimum atomic E-state index is -0.273. The van der Waals surface area contributed by atoms with E-state index >= 15 is 0 Å². The molecule has 0 saturated carbocycles. The molecule has 1 N–H and O–H groups in total. The van der Waals surface area contributed by atoms with Crippen LogP contribution in [-0.2, 0) is 22.6 Å². The van der Waals surface area contributed by atoms with Gasteiger partial charge in [0.2, 0.25) is 0 Å². The summed E-state index contributed by atoms with van der Waals surface area (Å²) in [6, 6.07) is 20.9. The van der Waals surface area contributed by atoms with Crippen LogP contribution in [0.2, 0.25) is 5.02 Å². The molecule has 176 valence electrons. The van der Waals surface area contributed by atoms with E-state index < -0.39 is 0 Å². The molecule has 0 radical (unpaired) electrons. The second kappa shape index (κ2) is 11.5. The van der Waals surface area contributed by atoms with Gasteiger partial charge in [-0.3, -0.25) is 4.79 Å². The average Bonchev–Trinajstić information content (AvgIpc) is 3.26. The van der Waals surface area contributed by atoms with Gasteiger partial charge in [-0.15, -0.1) is 0 Å². The molecule has 0 aliphatic rings. The summed E-state index contributed by atoms with van der Waals surface area (Å²) in [5.41, 5.74) is 2.89. The van der Waals surface area contributed by atoms with Crippen molar-refractivity contribution in [2.24, 2.45) is 0 Å². The summed E-state index contributed by atoms with van der Waals surface area (Å²) in [4.78, 5) is 14.8. The fourth-order valence-corrected chi connectivity index (χ4v) is 3.57. The SMILES string of the molecule is COC(=O)Cc1c[nH]c2ccc(OCCCOc3ccc(OCc4ccc(Cl)cc4)cc3)cc12. The van der Waals surface area contributed by atoms with Crippen LogP contribution < -0.4 is 14.2 Å². The lowest BCUT2D eigenvalue weighted by Gasteiger charge is -2.10. The predicted octanol–water partition coefficient (Wildman–Crippen LogP) is 5.96. The van der Waals surface area contributed by atoms with Crippen molar-refractivity contribution in [3.8, 4) is 17.2 Å². The molecule has 0 fully saturated rings. The topological polar surface area (TPSA) is 69.8 Å². The Kier molecular flexibility index (Phi) is 7.94. The van der Waals surface area contributed by atoms with Gasteiger partial charge in [0.15, 0.2) is 0 Å². The smallest absolute Gasteiger partial charge is 0.310 e. The zero-order valence-electron chi connectivity index (χ0n) is 18.9. The number of hydrogen-bond donors (Lipinski definition) is 1. The molecule has 34 heavy (non-hydrogen) atoms. The highest BCUT2D eigenvalue weighted by molar-refractivity contribution is 6.30. The molecule has 0 bridgehead atoms. The van der Waals surface area contributed by atoms with Gasteiger partial charge in [0, 0.05) is 28.5 Å². The molecule has 0 aliphatic carbocycles. The zero-order chi connectivity index (χ0) is 23.8. The molecule has 0 saturated heterocycles. The van der Waals surface area contributed by atoms with Gasteiger partial charge in [0.05, 0.1) is 26.7 Å². The maximum Gasteiger partial charge on any atom is 0.310 e. The molecule has 7 heteroatoms. The number of rotatable bonds is 11. The van der Waals surface area contributed by atoms with Gasteiger partial charge in [0.1, 0.15) is 23.9 Å². The van der Waals surface area contributed by atoms with Crippen LogP contribution in [0, 0.1) is 0 Å². The van der Waals surface area contributed by atoms with Crippen molar-refractivity contribution in [2.45, 2.75) is 19.4 Å². The van der Waals surface area contributed by atoms with E-state index in [1.54, 1.807) is 0 Å². The molecule has 1 aromatic heterocycles. The van der Waals surface area contributed by atoms with Crippen molar-refractivity contribution in [2.75, 3.05) is 20.3 Å². The number of aromatic nitrogens is 1. The fourth-order valence-electron chi connectivity index (χ4n) is 3.44. The minimum Gasteiger partial charge on any atom is -0.493 e. The third-order valence-corrected chi connectivity index (χ3v) is 5.52. The van der Waals surface area contributed by atoms with Crippen LogP contribution in [-0.4, -0.2) is 31.3 Å². The van der Waals surface area contributed by atoms with Crippen LogP contribution in [0.25, 0.3) is 10.9 Å². The molecular weight excluding hydrogens is 454 g/mol. The maximum absolute atomic E-state index is 11.6. The van der Waals surface area contributed by atoms with E-state index in [1.165, 1.54) is 7.11 Å². The molecule has 0 aliphatic heterocycles. The van der Waals surface area contributed by atoms with Gasteiger partial charge >= 0.3 is 5.97 Å². The molecule has 4 aromatic rings. The second-order valence-electron chi connectivity index (χ2n) is 7.71. The molecule has 0 amide bonds. The summed E-state index contributed by atoms with van der Waals surface area (Å²) in [6.07, 6.45) is 2.78. The molecule has 1 heterocycles. The number of halogens is 1. The Bertz CT molecular complexity index is 1220. The normalized spacial score (nSPS) is 10.8. The summed E-state index contributed by atoms with van der Waals surface area (Å²) in [6.45, 7) is 1.53. The van der Waals surface area contributed by atoms with Crippen molar-refractivity contribution in [1.82, 2.24) is 4.98 Å². The molecule has 6 nitrogen and oxygen atoms in total. The summed E-state index contributed by atoms with van der Waals surface area (Å²) in [5.74, 6) is 2.03. The van der Waals surface area contributed by atoms with Crippen LogP contribution >= 0.6 is 11.6 Å². The van der Waals surface area contributed by atoms with Crippen molar-refractivity contribution >= 4 is 28.5 Å². The Morgan fingerprint density at radius 1 is 0.853 bits per heavy atom. The Morgan fingerprint density at radius 2 is 1.50 bits per heavy atom. The number of esters is 1. The Hall–Kier alpha value is -3.64. The lowest BCUT2D eigenvalue weighted by atomic mass is 10.1. The van der Waals surface area contributed by atoms with Crippen LogP contribution in [0.15, 0.2) is 72.9 Å². The average molecular weight is 480 g/mol. The van der Waals surface area contributed by atoms with Gasteiger partial charge in [-0.1, -0.05) is 23.7 Å². The number of H-pyrrole nitrogens is 1. The summed E-state index contributed by atoms with van der Waals surface area (Å²) in [7, 11) is 1.39. The van der Waals surface area contributed by atoms with Gasteiger partial charge in [-0.05, 0) is 65.7 Å². The van der Waals surface area contributed by atoms with Crippen molar-refractivity contribution in [3.05, 3.63) is 89.1 Å². The highest BCUT2D eigenvalue weighted by Crippen LogP contribution is 2.25. The highest BCUT2D eigenvalue weighted by atomic mass is 35.5. The largest absolute Gasteiger partial charge is 0.493 e. The second-order valence-corrected chi connectivity index (χ2v) is 8.15. The Labute approximate surface area is 203 Å². The first kappa shape index (κ1) is 23.5. The molecule has 0 atom stereocenters. The summed E-state index contributed by atoms with van der Waals surface area (Å²) < 4.78 is 22.2.